The molecule has 0 aliphatic carbocycles. The highest BCUT2D eigenvalue weighted by Crippen LogP contribution is 2.23. The largest absolute Gasteiger partial charge is 0.322 e. The van der Waals surface area contributed by atoms with Crippen LogP contribution in [0.1, 0.15) is 65.2 Å². The van der Waals surface area contributed by atoms with Crippen LogP contribution in [0.15, 0.2) is 24.3 Å². The Bertz CT molecular complexity index is 625. The molecule has 2 atom stereocenters. The highest BCUT2D eigenvalue weighted by atomic mass is 16.2. The van der Waals surface area contributed by atoms with Crippen LogP contribution in [0.4, 0.5) is 21.0 Å². The third-order valence-electron chi connectivity index (χ3n) is 6.08. The van der Waals surface area contributed by atoms with E-state index >= 15 is 0 Å². The quantitative estimate of drug-likeness (QED) is 0.739. The van der Waals surface area contributed by atoms with E-state index in [2.05, 4.69) is 24.5 Å². The molecule has 1 aromatic rings. The van der Waals surface area contributed by atoms with Crippen molar-refractivity contribution in [2.45, 2.75) is 77.3 Å². The predicted molar refractivity (Wildman–Crippen MR) is 114 cm³/mol. The van der Waals surface area contributed by atoms with Gasteiger partial charge in [-0.25, -0.2) is 9.59 Å². The Balaban J connectivity index is 1.62. The summed E-state index contributed by atoms with van der Waals surface area (Å²) in [6, 6.07) is 8.00. The number of likely N-dealkylation sites (tertiary alicyclic amines) is 2. The van der Waals surface area contributed by atoms with Crippen molar-refractivity contribution in [1.29, 1.82) is 0 Å². The summed E-state index contributed by atoms with van der Waals surface area (Å²) in [5.41, 5.74) is 1.43. The van der Waals surface area contributed by atoms with Crippen LogP contribution in [-0.2, 0) is 0 Å². The summed E-state index contributed by atoms with van der Waals surface area (Å²) in [7, 11) is 0. The summed E-state index contributed by atoms with van der Waals surface area (Å²) in [4.78, 5) is 29.3. The molecule has 0 unspecified atom stereocenters. The summed E-state index contributed by atoms with van der Waals surface area (Å²) in [5, 5.41) is 6.02. The van der Waals surface area contributed by atoms with Crippen LogP contribution < -0.4 is 10.6 Å². The van der Waals surface area contributed by atoms with Crippen molar-refractivity contribution in [1.82, 2.24) is 9.80 Å². The van der Waals surface area contributed by atoms with Gasteiger partial charge in [0.2, 0.25) is 0 Å². The van der Waals surface area contributed by atoms with Gasteiger partial charge in [0.1, 0.15) is 0 Å². The first kappa shape index (κ1) is 20.5. The van der Waals surface area contributed by atoms with Crippen LogP contribution >= 0.6 is 0 Å². The average molecular weight is 387 g/mol. The minimum atomic E-state index is -0.0443. The highest BCUT2D eigenvalue weighted by Gasteiger charge is 2.26. The molecule has 0 bridgehead atoms. The number of urea groups is 2. The molecule has 2 saturated heterocycles. The highest BCUT2D eigenvalue weighted by molar-refractivity contribution is 5.93. The fourth-order valence-electron chi connectivity index (χ4n) is 4.45. The fourth-order valence-corrected chi connectivity index (χ4v) is 4.45. The van der Waals surface area contributed by atoms with E-state index < -0.39 is 0 Å². The van der Waals surface area contributed by atoms with Gasteiger partial charge in [-0.3, -0.25) is 0 Å². The smallest absolute Gasteiger partial charge is 0.322 e. The number of amides is 4. The number of rotatable bonds is 4. The minimum Gasteiger partial charge on any atom is -0.322 e. The van der Waals surface area contributed by atoms with Crippen LogP contribution in [0.3, 0.4) is 0 Å². The molecular formula is C22H34N4O2. The first-order valence-corrected chi connectivity index (χ1v) is 10.9. The van der Waals surface area contributed by atoms with Gasteiger partial charge in [0.15, 0.2) is 0 Å². The molecule has 0 spiro atoms. The van der Waals surface area contributed by atoms with Crippen molar-refractivity contribution in [3.63, 3.8) is 0 Å². The lowest BCUT2D eigenvalue weighted by atomic mass is 10.0. The minimum absolute atomic E-state index is 0.0443. The van der Waals surface area contributed by atoms with Gasteiger partial charge in [0, 0.05) is 36.5 Å². The maximum absolute atomic E-state index is 12.7. The van der Waals surface area contributed by atoms with Crippen molar-refractivity contribution in [2.75, 3.05) is 23.7 Å². The van der Waals surface area contributed by atoms with Gasteiger partial charge in [-0.15, -0.1) is 0 Å². The van der Waals surface area contributed by atoms with E-state index in [-0.39, 0.29) is 12.1 Å². The summed E-state index contributed by atoms with van der Waals surface area (Å²) in [6.07, 6.45) is 8.64. The molecule has 6 heteroatoms. The molecule has 3 rings (SSSR count). The number of carbonyl (C=O) groups excluding carboxylic acids is 2. The standard InChI is InChI=1S/C22H34N4O2/c1-3-19-12-5-7-14-25(19)21(27)23-17-10-9-11-18(16-17)24-22(28)26-15-8-6-13-20(26)4-2/h9-11,16,19-20H,3-8,12-15H2,1-2H3,(H,23,27)(H,24,28)/t19-,20+. The lowest BCUT2D eigenvalue weighted by molar-refractivity contribution is 0.160. The number of nitrogens with zero attached hydrogens (tertiary/aromatic N) is 2. The van der Waals surface area contributed by atoms with E-state index in [0.717, 1.165) is 51.6 Å². The van der Waals surface area contributed by atoms with Gasteiger partial charge in [0.05, 0.1) is 0 Å². The molecule has 2 aliphatic heterocycles. The Kier molecular flexibility index (Phi) is 7.18. The van der Waals surface area contributed by atoms with Crippen LogP contribution in [0.2, 0.25) is 0 Å². The Morgan fingerprint density at radius 2 is 1.32 bits per heavy atom. The number of carbonyl (C=O) groups is 2. The van der Waals surface area contributed by atoms with Crippen molar-refractivity contribution in [3.05, 3.63) is 24.3 Å². The maximum Gasteiger partial charge on any atom is 0.322 e. The van der Waals surface area contributed by atoms with Crippen LogP contribution in [0.5, 0.6) is 0 Å². The normalized spacial score (nSPS) is 22.6. The molecule has 2 heterocycles. The topological polar surface area (TPSA) is 64.7 Å². The first-order chi connectivity index (χ1) is 13.6. The molecule has 2 aliphatic rings. The average Bonchev–Trinajstić information content (AvgIpc) is 2.73. The Morgan fingerprint density at radius 1 is 0.857 bits per heavy atom. The second-order valence-electron chi connectivity index (χ2n) is 7.94. The molecule has 6 nitrogen and oxygen atoms in total. The lowest BCUT2D eigenvalue weighted by Gasteiger charge is -2.35. The second kappa shape index (κ2) is 9.80. The molecule has 1 aromatic carbocycles. The molecule has 154 valence electrons. The third kappa shape index (κ3) is 4.97. The Labute approximate surface area is 168 Å². The van der Waals surface area contributed by atoms with Gasteiger partial charge >= 0.3 is 12.1 Å². The summed E-state index contributed by atoms with van der Waals surface area (Å²) in [6.45, 7) is 5.90. The summed E-state index contributed by atoms with van der Waals surface area (Å²) in [5.74, 6) is 0. The molecule has 28 heavy (non-hydrogen) atoms. The van der Waals surface area contributed by atoms with E-state index in [1.54, 1.807) is 0 Å². The van der Waals surface area contributed by atoms with Gasteiger partial charge < -0.3 is 20.4 Å². The predicted octanol–water partition coefficient (Wildman–Crippen LogP) is 5.28. The number of hydrogen-bond donors (Lipinski definition) is 2. The van der Waals surface area contributed by atoms with E-state index in [1.165, 1.54) is 12.8 Å². The third-order valence-corrected chi connectivity index (χ3v) is 6.08. The van der Waals surface area contributed by atoms with E-state index in [1.807, 2.05) is 34.1 Å². The van der Waals surface area contributed by atoms with Gasteiger partial charge in [-0.2, -0.15) is 0 Å². The molecule has 0 radical (unpaired) electrons. The van der Waals surface area contributed by atoms with Crippen molar-refractivity contribution in [2.24, 2.45) is 0 Å². The number of nitrogens with one attached hydrogen (secondary N) is 2. The second-order valence-corrected chi connectivity index (χ2v) is 7.94. The van der Waals surface area contributed by atoms with E-state index in [4.69, 9.17) is 0 Å². The molecule has 2 N–H and O–H groups in total. The molecule has 4 amide bonds. The van der Waals surface area contributed by atoms with E-state index in [0.29, 0.717) is 23.5 Å². The van der Waals surface area contributed by atoms with Crippen molar-refractivity contribution in [3.8, 4) is 0 Å². The molecular weight excluding hydrogens is 352 g/mol. The van der Waals surface area contributed by atoms with E-state index in [9.17, 15) is 9.59 Å². The van der Waals surface area contributed by atoms with Gasteiger partial charge in [-0.05, 0) is 69.6 Å². The zero-order valence-electron chi connectivity index (χ0n) is 17.2. The number of piperidine rings is 2. The fraction of sp³-hybridized carbons (Fsp3) is 0.636. The first-order valence-electron chi connectivity index (χ1n) is 10.9. The number of benzene rings is 1. The lowest BCUT2D eigenvalue weighted by Crippen LogP contribution is -2.45. The molecule has 0 aromatic heterocycles. The van der Waals surface area contributed by atoms with Crippen molar-refractivity contribution >= 4 is 23.4 Å². The Morgan fingerprint density at radius 3 is 1.75 bits per heavy atom. The SMILES string of the molecule is CC[C@@H]1CCCCN1C(=O)Nc1cccc(NC(=O)N2CCCC[C@@H]2CC)c1. The summed E-state index contributed by atoms with van der Waals surface area (Å²) < 4.78 is 0. The maximum atomic E-state index is 12.7. The number of hydrogen-bond acceptors (Lipinski definition) is 2. The summed E-state index contributed by atoms with van der Waals surface area (Å²) >= 11 is 0. The number of anilines is 2. The van der Waals surface area contributed by atoms with Gasteiger partial charge in [0.25, 0.3) is 0 Å². The molecule has 2 fully saturated rings. The zero-order valence-corrected chi connectivity index (χ0v) is 17.2. The monoisotopic (exact) mass is 386 g/mol. The zero-order chi connectivity index (χ0) is 19.9. The van der Waals surface area contributed by atoms with Gasteiger partial charge in [-0.1, -0.05) is 19.9 Å². The van der Waals surface area contributed by atoms with Crippen LogP contribution in [0.25, 0.3) is 0 Å². The Hall–Kier alpha value is -2.24. The van der Waals surface area contributed by atoms with Crippen LogP contribution in [0, 0.1) is 0 Å². The van der Waals surface area contributed by atoms with Crippen LogP contribution in [-0.4, -0.2) is 47.0 Å². The van der Waals surface area contributed by atoms with Crippen molar-refractivity contribution < 1.29 is 9.59 Å². The molecule has 0 saturated carbocycles.